The summed E-state index contributed by atoms with van der Waals surface area (Å²) < 4.78 is 2.02. The van der Waals surface area contributed by atoms with Gasteiger partial charge in [0.15, 0.2) is 0 Å². The highest BCUT2D eigenvalue weighted by Gasteiger charge is 2.08. The molecule has 0 saturated heterocycles. The van der Waals surface area contributed by atoms with Gasteiger partial charge < -0.3 is 9.72 Å². The molecule has 3 aromatic heterocycles. The van der Waals surface area contributed by atoms with Crippen LogP contribution in [0.2, 0.25) is 0 Å². The van der Waals surface area contributed by atoms with E-state index in [1.807, 2.05) is 35.0 Å². The third kappa shape index (κ3) is 2.67. The van der Waals surface area contributed by atoms with Crippen molar-refractivity contribution >= 4 is 17.0 Å². The van der Waals surface area contributed by atoms with Gasteiger partial charge in [0.1, 0.15) is 16.3 Å². The molecule has 98 valence electrons. The second-order valence-corrected chi connectivity index (χ2v) is 5.27. The first-order chi connectivity index (χ1) is 9.36. The molecule has 0 unspecified atom stereocenters. The largest absolute Gasteiger partial charge is 0.311 e. The highest BCUT2D eigenvalue weighted by atomic mass is 32.1. The van der Waals surface area contributed by atoms with Gasteiger partial charge >= 0.3 is 0 Å². The molecule has 0 aliphatic carbocycles. The molecule has 3 aromatic rings. The van der Waals surface area contributed by atoms with Crippen LogP contribution in [0.4, 0.5) is 0 Å². The molecule has 0 saturated carbocycles. The Bertz CT molecular complexity index is 638. The number of nitrogens with zero attached hydrogens (tertiary/aromatic N) is 3. The zero-order chi connectivity index (χ0) is 13.1. The maximum Gasteiger partial charge on any atom is 0.143 e. The standard InChI is InChI=1S/C14H16N4S/c1-2-6-15-8-11-10-19-14(16-11)12-9-18-7-4-3-5-13(18)17-12/h3-5,7,9-10,15H,2,6,8H2,1H3. The van der Waals surface area contributed by atoms with Gasteiger partial charge in [-0.25, -0.2) is 9.97 Å². The second-order valence-electron chi connectivity index (χ2n) is 4.41. The van der Waals surface area contributed by atoms with E-state index in [9.17, 15) is 0 Å². The second kappa shape index (κ2) is 5.50. The van der Waals surface area contributed by atoms with Crippen molar-refractivity contribution in [3.05, 3.63) is 41.7 Å². The first-order valence-corrected chi connectivity index (χ1v) is 7.34. The number of rotatable bonds is 5. The van der Waals surface area contributed by atoms with E-state index < -0.39 is 0 Å². The van der Waals surface area contributed by atoms with E-state index in [2.05, 4.69) is 27.6 Å². The van der Waals surface area contributed by atoms with E-state index in [1.54, 1.807) is 11.3 Å². The van der Waals surface area contributed by atoms with E-state index in [0.717, 1.165) is 41.6 Å². The molecule has 5 heteroatoms. The number of nitrogens with one attached hydrogen (secondary N) is 1. The highest BCUT2D eigenvalue weighted by Crippen LogP contribution is 2.23. The topological polar surface area (TPSA) is 42.2 Å². The molecule has 1 N–H and O–H groups in total. The molecule has 0 spiro atoms. The van der Waals surface area contributed by atoms with Crippen LogP contribution in [-0.4, -0.2) is 20.9 Å². The predicted octanol–water partition coefficient (Wildman–Crippen LogP) is 2.96. The first kappa shape index (κ1) is 12.3. The van der Waals surface area contributed by atoms with Gasteiger partial charge in [-0.1, -0.05) is 13.0 Å². The molecule has 0 amide bonds. The number of pyridine rings is 1. The molecular weight excluding hydrogens is 256 g/mol. The summed E-state index contributed by atoms with van der Waals surface area (Å²) in [7, 11) is 0. The molecule has 19 heavy (non-hydrogen) atoms. The van der Waals surface area contributed by atoms with Gasteiger partial charge in [-0.3, -0.25) is 0 Å². The quantitative estimate of drug-likeness (QED) is 0.726. The first-order valence-electron chi connectivity index (χ1n) is 6.46. The van der Waals surface area contributed by atoms with Crippen molar-refractivity contribution < 1.29 is 0 Å². The summed E-state index contributed by atoms with van der Waals surface area (Å²) in [6, 6.07) is 6.00. The van der Waals surface area contributed by atoms with Crippen molar-refractivity contribution in [3.8, 4) is 10.7 Å². The number of thiazole rings is 1. The molecule has 0 aromatic carbocycles. The van der Waals surface area contributed by atoms with Gasteiger partial charge in [0.2, 0.25) is 0 Å². The summed E-state index contributed by atoms with van der Waals surface area (Å²) in [5, 5.41) is 6.44. The molecule has 0 aliphatic heterocycles. The lowest BCUT2D eigenvalue weighted by Gasteiger charge is -1.97. The molecule has 3 rings (SSSR count). The average molecular weight is 272 g/mol. The van der Waals surface area contributed by atoms with E-state index in [1.165, 1.54) is 0 Å². The third-order valence-corrected chi connectivity index (χ3v) is 3.78. The normalized spacial score (nSPS) is 11.2. The van der Waals surface area contributed by atoms with Crippen LogP contribution in [0.3, 0.4) is 0 Å². The van der Waals surface area contributed by atoms with Crippen molar-refractivity contribution in [1.29, 1.82) is 0 Å². The number of hydrogen-bond donors (Lipinski definition) is 1. The minimum Gasteiger partial charge on any atom is -0.311 e. The summed E-state index contributed by atoms with van der Waals surface area (Å²) in [4.78, 5) is 9.21. The number of hydrogen-bond acceptors (Lipinski definition) is 4. The lowest BCUT2D eigenvalue weighted by atomic mass is 10.4. The summed E-state index contributed by atoms with van der Waals surface area (Å²) >= 11 is 1.65. The molecule has 4 nitrogen and oxygen atoms in total. The van der Waals surface area contributed by atoms with Crippen LogP contribution in [0.15, 0.2) is 36.0 Å². The van der Waals surface area contributed by atoms with Gasteiger partial charge in [0, 0.05) is 24.3 Å². The Hall–Kier alpha value is -1.72. The molecule has 0 atom stereocenters. The Morgan fingerprint density at radius 3 is 3.11 bits per heavy atom. The van der Waals surface area contributed by atoms with Crippen molar-refractivity contribution in [2.75, 3.05) is 6.54 Å². The zero-order valence-corrected chi connectivity index (χ0v) is 11.7. The van der Waals surface area contributed by atoms with E-state index in [4.69, 9.17) is 0 Å². The molecule has 0 fully saturated rings. The molecule has 0 radical (unpaired) electrons. The lowest BCUT2D eigenvalue weighted by molar-refractivity contribution is 0.667. The number of fused-ring (bicyclic) bond motifs is 1. The van der Waals surface area contributed by atoms with E-state index in [0.29, 0.717) is 0 Å². The Morgan fingerprint density at radius 2 is 2.26 bits per heavy atom. The fraction of sp³-hybridized carbons (Fsp3) is 0.286. The van der Waals surface area contributed by atoms with Gasteiger partial charge in [0.05, 0.1) is 5.69 Å². The van der Waals surface area contributed by atoms with Crippen molar-refractivity contribution in [2.45, 2.75) is 19.9 Å². The fourth-order valence-electron chi connectivity index (χ4n) is 1.94. The lowest BCUT2D eigenvalue weighted by Crippen LogP contribution is -2.13. The van der Waals surface area contributed by atoms with Crippen LogP contribution in [0, 0.1) is 0 Å². The predicted molar refractivity (Wildman–Crippen MR) is 78.3 cm³/mol. The van der Waals surface area contributed by atoms with Crippen LogP contribution in [0.25, 0.3) is 16.3 Å². The Morgan fingerprint density at radius 1 is 1.32 bits per heavy atom. The van der Waals surface area contributed by atoms with E-state index >= 15 is 0 Å². The van der Waals surface area contributed by atoms with Crippen molar-refractivity contribution in [1.82, 2.24) is 19.7 Å². The maximum absolute atomic E-state index is 4.63. The molecule has 0 bridgehead atoms. The fourth-order valence-corrected chi connectivity index (χ4v) is 2.71. The summed E-state index contributed by atoms with van der Waals surface area (Å²) in [6.07, 6.45) is 5.17. The SMILES string of the molecule is CCCNCc1csc(-c2cn3ccccc3n2)n1. The van der Waals surface area contributed by atoms with Gasteiger partial charge in [-0.05, 0) is 25.1 Å². The van der Waals surface area contributed by atoms with Gasteiger partial charge in [0.25, 0.3) is 0 Å². The average Bonchev–Trinajstić information content (AvgIpc) is 3.04. The van der Waals surface area contributed by atoms with Crippen molar-refractivity contribution in [2.24, 2.45) is 0 Å². The Balaban J connectivity index is 1.81. The minimum absolute atomic E-state index is 0.831. The molecular formula is C14H16N4S. The summed E-state index contributed by atoms with van der Waals surface area (Å²) in [6.45, 7) is 4.02. The van der Waals surface area contributed by atoms with Crippen LogP contribution >= 0.6 is 11.3 Å². The van der Waals surface area contributed by atoms with Crippen LogP contribution < -0.4 is 5.32 Å². The Kier molecular flexibility index (Phi) is 3.57. The van der Waals surface area contributed by atoms with Crippen LogP contribution in [-0.2, 0) is 6.54 Å². The molecule has 3 heterocycles. The van der Waals surface area contributed by atoms with Crippen molar-refractivity contribution in [3.63, 3.8) is 0 Å². The van der Waals surface area contributed by atoms with E-state index in [-0.39, 0.29) is 0 Å². The summed E-state index contributed by atoms with van der Waals surface area (Å²) in [5.41, 5.74) is 2.99. The Labute approximate surface area is 116 Å². The summed E-state index contributed by atoms with van der Waals surface area (Å²) in [5.74, 6) is 0. The minimum atomic E-state index is 0.831. The highest BCUT2D eigenvalue weighted by molar-refractivity contribution is 7.13. The zero-order valence-electron chi connectivity index (χ0n) is 10.8. The number of imidazole rings is 1. The van der Waals surface area contributed by atoms with Crippen LogP contribution in [0.1, 0.15) is 19.0 Å². The number of aromatic nitrogens is 3. The maximum atomic E-state index is 4.63. The third-order valence-electron chi connectivity index (χ3n) is 2.87. The monoisotopic (exact) mass is 272 g/mol. The molecule has 0 aliphatic rings. The van der Waals surface area contributed by atoms with Crippen LogP contribution in [0.5, 0.6) is 0 Å². The van der Waals surface area contributed by atoms with Gasteiger partial charge in [-0.2, -0.15) is 0 Å². The smallest absolute Gasteiger partial charge is 0.143 e. The van der Waals surface area contributed by atoms with Gasteiger partial charge in [-0.15, -0.1) is 11.3 Å².